The maximum absolute atomic E-state index is 13.9. The fourth-order valence-corrected chi connectivity index (χ4v) is 2.60. The van der Waals surface area contributed by atoms with Gasteiger partial charge in [0.05, 0.1) is 0 Å². The molecule has 1 nitrogen and oxygen atoms in total. The summed E-state index contributed by atoms with van der Waals surface area (Å²) in [4.78, 5) is 0. The van der Waals surface area contributed by atoms with E-state index < -0.39 is 17.5 Å². The fraction of sp³-hybridized carbons (Fsp3) is 0.200. The van der Waals surface area contributed by atoms with Crippen LogP contribution < -0.4 is 5.32 Å². The highest BCUT2D eigenvalue weighted by Crippen LogP contribution is 2.37. The monoisotopic (exact) mass is 263 g/mol. The Kier molecular flexibility index (Phi) is 2.93. The lowest BCUT2D eigenvalue weighted by molar-refractivity contribution is 0.485. The number of halogens is 3. The summed E-state index contributed by atoms with van der Waals surface area (Å²) in [7, 11) is 0. The molecule has 0 spiro atoms. The highest BCUT2D eigenvalue weighted by Gasteiger charge is 2.25. The van der Waals surface area contributed by atoms with Crippen molar-refractivity contribution < 1.29 is 13.2 Å². The second-order valence-electron chi connectivity index (χ2n) is 4.64. The summed E-state index contributed by atoms with van der Waals surface area (Å²) in [5, 5.41) is 3.22. The summed E-state index contributed by atoms with van der Waals surface area (Å²) in [6.45, 7) is 0.681. The number of fused-ring (bicyclic) bond motifs is 1. The summed E-state index contributed by atoms with van der Waals surface area (Å²) in [6.07, 6.45) is 0.652. The van der Waals surface area contributed by atoms with Crippen molar-refractivity contribution in [2.24, 2.45) is 0 Å². The number of para-hydroxylation sites is 1. The number of rotatable bonds is 1. The molecule has 4 heteroatoms. The molecule has 0 saturated carbocycles. The van der Waals surface area contributed by atoms with E-state index >= 15 is 0 Å². The van der Waals surface area contributed by atoms with E-state index in [1.807, 2.05) is 24.3 Å². The van der Waals surface area contributed by atoms with E-state index in [0.717, 1.165) is 17.3 Å². The van der Waals surface area contributed by atoms with Crippen LogP contribution in [0.2, 0.25) is 0 Å². The van der Waals surface area contributed by atoms with Gasteiger partial charge in [0.2, 0.25) is 0 Å². The lowest BCUT2D eigenvalue weighted by Crippen LogP contribution is -2.18. The van der Waals surface area contributed by atoms with Crippen molar-refractivity contribution in [3.63, 3.8) is 0 Å². The fourth-order valence-electron chi connectivity index (χ4n) is 2.60. The van der Waals surface area contributed by atoms with E-state index in [1.54, 1.807) is 0 Å². The predicted molar refractivity (Wildman–Crippen MR) is 67.7 cm³/mol. The molecule has 2 aromatic rings. The average Bonchev–Trinajstić information content (AvgIpc) is 2.42. The second kappa shape index (κ2) is 4.61. The smallest absolute Gasteiger partial charge is 0.161 e. The quantitative estimate of drug-likeness (QED) is 0.765. The van der Waals surface area contributed by atoms with Gasteiger partial charge in [-0.2, -0.15) is 0 Å². The molecular formula is C15H12F3N. The summed E-state index contributed by atoms with van der Waals surface area (Å²) >= 11 is 0. The molecule has 1 aliphatic rings. The molecule has 2 aromatic carbocycles. The van der Waals surface area contributed by atoms with Crippen molar-refractivity contribution in [3.8, 4) is 0 Å². The molecule has 1 heterocycles. The van der Waals surface area contributed by atoms with Gasteiger partial charge in [0.15, 0.2) is 11.6 Å². The van der Waals surface area contributed by atoms with E-state index in [4.69, 9.17) is 0 Å². The van der Waals surface area contributed by atoms with Crippen LogP contribution in [0, 0.1) is 17.5 Å². The van der Waals surface area contributed by atoms with Gasteiger partial charge in [-0.15, -0.1) is 0 Å². The van der Waals surface area contributed by atoms with Gasteiger partial charge in [0.1, 0.15) is 5.82 Å². The van der Waals surface area contributed by atoms with Gasteiger partial charge in [0.25, 0.3) is 0 Å². The van der Waals surface area contributed by atoms with Crippen LogP contribution in [0.15, 0.2) is 36.4 Å². The maximum Gasteiger partial charge on any atom is 0.161 e. The summed E-state index contributed by atoms with van der Waals surface area (Å²) in [6, 6.07) is 9.12. The van der Waals surface area contributed by atoms with Crippen molar-refractivity contribution in [2.75, 3.05) is 11.9 Å². The van der Waals surface area contributed by atoms with Crippen LogP contribution in [0.3, 0.4) is 0 Å². The van der Waals surface area contributed by atoms with E-state index in [2.05, 4.69) is 5.32 Å². The first-order valence-corrected chi connectivity index (χ1v) is 6.14. The lowest BCUT2D eigenvalue weighted by atomic mass is 9.85. The number of hydrogen-bond donors (Lipinski definition) is 1. The van der Waals surface area contributed by atoms with Gasteiger partial charge in [-0.1, -0.05) is 18.2 Å². The highest BCUT2D eigenvalue weighted by molar-refractivity contribution is 5.57. The number of nitrogens with one attached hydrogen (secondary N) is 1. The molecule has 0 saturated heterocycles. The minimum Gasteiger partial charge on any atom is -0.385 e. The van der Waals surface area contributed by atoms with Gasteiger partial charge in [-0.25, -0.2) is 13.2 Å². The van der Waals surface area contributed by atoms with Crippen LogP contribution >= 0.6 is 0 Å². The Balaban J connectivity index is 2.11. The molecule has 0 aromatic heterocycles. The molecule has 1 aliphatic heterocycles. The van der Waals surface area contributed by atoms with Crippen molar-refractivity contribution >= 4 is 5.69 Å². The van der Waals surface area contributed by atoms with Crippen LogP contribution in [0.5, 0.6) is 0 Å². The number of benzene rings is 2. The maximum atomic E-state index is 13.9. The van der Waals surface area contributed by atoms with Crippen LogP contribution in [-0.2, 0) is 0 Å². The Morgan fingerprint density at radius 2 is 1.63 bits per heavy atom. The molecule has 0 bridgehead atoms. The largest absolute Gasteiger partial charge is 0.385 e. The first-order chi connectivity index (χ1) is 9.16. The van der Waals surface area contributed by atoms with E-state index in [9.17, 15) is 13.2 Å². The molecule has 0 aliphatic carbocycles. The van der Waals surface area contributed by atoms with Gasteiger partial charge >= 0.3 is 0 Å². The Labute approximate surface area is 109 Å². The highest BCUT2D eigenvalue weighted by atomic mass is 19.2. The average molecular weight is 263 g/mol. The van der Waals surface area contributed by atoms with Gasteiger partial charge < -0.3 is 5.32 Å². The van der Waals surface area contributed by atoms with E-state index in [-0.39, 0.29) is 11.5 Å². The molecular weight excluding hydrogens is 251 g/mol. The van der Waals surface area contributed by atoms with Crippen molar-refractivity contribution in [3.05, 3.63) is 65.0 Å². The van der Waals surface area contributed by atoms with Crippen molar-refractivity contribution in [2.45, 2.75) is 12.3 Å². The SMILES string of the molecule is Fc1cc(F)c(C2CCNc3ccccc32)cc1F. The zero-order valence-corrected chi connectivity index (χ0v) is 10.1. The number of anilines is 1. The van der Waals surface area contributed by atoms with E-state index in [1.165, 1.54) is 0 Å². The predicted octanol–water partition coefficient (Wildman–Crippen LogP) is 4.05. The Bertz CT molecular complexity index is 625. The lowest BCUT2D eigenvalue weighted by Gasteiger charge is -2.27. The molecule has 0 amide bonds. The molecule has 1 atom stereocenters. The third-order valence-electron chi connectivity index (χ3n) is 3.50. The zero-order valence-electron chi connectivity index (χ0n) is 10.1. The van der Waals surface area contributed by atoms with Crippen LogP contribution in [0.4, 0.5) is 18.9 Å². The van der Waals surface area contributed by atoms with Gasteiger partial charge in [-0.3, -0.25) is 0 Å². The van der Waals surface area contributed by atoms with Crippen LogP contribution in [-0.4, -0.2) is 6.54 Å². The Hall–Kier alpha value is -1.97. The normalized spacial score (nSPS) is 17.7. The molecule has 0 radical (unpaired) electrons. The Morgan fingerprint density at radius 1 is 0.895 bits per heavy atom. The standard InChI is InChI=1S/C15H12F3N/c16-12-8-14(18)13(17)7-11(12)9-5-6-19-15-4-2-1-3-10(9)15/h1-4,7-9,19H,5-6H2. The minimum atomic E-state index is -1.15. The van der Waals surface area contributed by atoms with Crippen LogP contribution in [0.1, 0.15) is 23.5 Å². The zero-order chi connectivity index (χ0) is 13.4. The summed E-state index contributed by atoms with van der Waals surface area (Å²) in [5.74, 6) is -3.09. The topological polar surface area (TPSA) is 12.0 Å². The van der Waals surface area contributed by atoms with Gasteiger partial charge in [-0.05, 0) is 29.7 Å². The number of hydrogen-bond acceptors (Lipinski definition) is 1. The summed E-state index contributed by atoms with van der Waals surface area (Å²) < 4.78 is 40.2. The second-order valence-corrected chi connectivity index (χ2v) is 4.64. The third-order valence-corrected chi connectivity index (χ3v) is 3.50. The molecule has 0 fully saturated rings. The third kappa shape index (κ3) is 2.07. The Morgan fingerprint density at radius 3 is 2.47 bits per heavy atom. The minimum absolute atomic E-state index is 0.216. The van der Waals surface area contributed by atoms with E-state index in [0.29, 0.717) is 19.0 Å². The summed E-state index contributed by atoms with van der Waals surface area (Å²) in [5.41, 5.74) is 2.05. The molecule has 1 unspecified atom stereocenters. The van der Waals surface area contributed by atoms with Gasteiger partial charge in [0, 0.05) is 24.2 Å². The molecule has 1 N–H and O–H groups in total. The first-order valence-electron chi connectivity index (χ1n) is 6.14. The van der Waals surface area contributed by atoms with Crippen molar-refractivity contribution in [1.82, 2.24) is 0 Å². The van der Waals surface area contributed by atoms with Crippen LogP contribution in [0.25, 0.3) is 0 Å². The molecule has 19 heavy (non-hydrogen) atoms. The first kappa shape index (κ1) is 12.1. The van der Waals surface area contributed by atoms with Crippen molar-refractivity contribution in [1.29, 1.82) is 0 Å². The molecule has 3 rings (SSSR count). The molecule has 98 valence electrons.